The normalized spacial score (nSPS) is 10.9. The van der Waals surface area contributed by atoms with Crippen molar-refractivity contribution in [1.82, 2.24) is 4.98 Å². The van der Waals surface area contributed by atoms with E-state index < -0.39 is 0 Å². The van der Waals surface area contributed by atoms with Gasteiger partial charge in [-0.2, -0.15) is 11.3 Å². The van der Waals surface area contributed by atoms with E-state index in [1.807, 2.05) is 41.1 Å². The van der Waals surface area contributed by atoms with Gasteiger partial charge in [0.05, 0.1) is 0 Å². The molecule has 1 aromatic carbocycles. The van der Waals surface area contributed by atoms with Crippen LogP contribution in [0.2, 0.25) is 0 Å². The highest BCUT2D eigenvalue weighted by Crippen LogP contribution is 2.27. The van der Waals surface area contributed by atoms with Gasteiger partial charge in [-0.05, 0) is 29.0 Å². The fourth-order valence-corrected chi connectivity index (χ4v) is 3.71. The third-order valence-corrected chi connectivity index (χ3v) is 4.91. The zero-order valence-corrected chi connectivity index (χ0v) is 14.0. The molecule has 112 valence electrons. The van der Waals surface area contributed by atoms with Gasteiger partial charge in [-0.3, -0.25) is 4.79 Å². The summed E-state index contributed by atoms with van der Waals surface area (Å²) in [6, 6.07) is 9.90. The number of hydrogen-bond donors (Lipinski definition) is 1. The molecule has 0 atom stereocenters. The van der Waals surface area contributed by atoms with Crippen LogP contribution in [0.15, 0.2) is 46.5 Å². The molecule has 0 bridgehead atoms. The number of amides is 1. The molecule has 0 saturated carbocycles. The minimum absolute atomic E-state index is 0.161. The largest absolute Gasteiger partial charge is 0.320 e. The molecule has 0 aliphatic heterocycles. The average molecular weight is 328 g/mol. The lowest BCUT2D eigenvalue weighted by molar-refractivity contribution is 0.102. The first-order chi connectivity index (χ1) is 10.6. The summed E-state index contributed by atoms with van der Waals surface area (Å²) in [5.41, 5.74) is 3.51. The standard InChI is InChI=1S/C17H16N2OS2/c1-11(2)13-5-3-4-6-14(13)18-16(20)15-10-22-17(19-15)12-7-8-21-9-12/h3-11H,1-2H3,(H,18,20). The lowest BCUT2D eigenvalue weighted by Gasteiger charge is -2.12. The second kappa shape index (κ2) is 6.42. The number of benzene rings is 1. The van der Waals surface area contributed by atoms with Crippen LogP contribution in [-0.4, -0.2) is 10.9 Å². The van der Waals surface area contributed by atoms with Gasteiger partial charge in [0.2, 0.25) is 0 Å². The Labute approximate surface area is 137 Å². The van der Waals surface area contributed by atoms with Crippen LogP contribution >= 0.6 is 22.7 Å². The van der Waals surface area contributed by atoms with Crippen molar-refractivity contribution in [3.8, 4) is 10.6 Å². The molecule has 1 N–H and O–H groups in total. The van der Waals surface area contributed by atoms with E-state index in [1.165, 1.54) is 11.3 Å². The molecule has 0 radical (unpaired) electrons. The minimum atomic E-state index is -0.161. The zero-order chi connectivity index (χ0) is 15.5. The van der Waals surface area contributed by atoms with E-state index >= 15 is 0 Å². The zero-order valence-electron chi connectivity index (χ0n) is 12.4. The number of hydrogen-bond acceptors (Lipinski definition) is 4. The minimum Gasteiger partial charge on any atom is -0.320 e. The highest BCUT2D eigenvalue weighted by molar-refractivity contribution is 7.14. The van der Waals surface area contributed by atoms with Crippen molar-refractivity contribution in [3.63, 3.8) is 0 Å². The lowest BCUT2D eigenvalue weighted by Crippen LogP contribution is -2.14. The summed E-state index contributed by atoms with van der Waals surface area (Å²) >= 11 is 3.12. The summed E-state index contributed by atoms with van der Waals surface area (Å²) in [7, 11) is 0. The Kier molecular flexibility index (Phi) is 4.36. The maximum Gasteiger partial charge on any atom is 0.275 e. The Morgan fingerprint density at radius 1 is 1.18 bits per heavy atom. The summed E-state index contributed by atoms with van der Waals surface area (Å²) in [5.74, 6) is 0.194. The molecular formula is C17H16N2OS2. The van der Waals surface area contributed by atoms with Gasteiger partial charge >= 0.3 is 0 Å². The van der Waals surface area contributed by atoms with Crippen LogP contribution in [0.25, 0.3) is 10.6 Å². The van der Waals surface area contributed by atoms with Crippen LogP contribution < -0.4 is 5.32 Å². The predicted octanol–water partition coefficient (Wildman–Crippen LogP) is 5.25. The molecule has 3 nitrogen and oxygen atoms in total. The van der Waals surface area contributed by atoms with E-state index in [2.05, 4.69) is 24.1 Å². The highest BCUT2D eigenvalue weighted by Gasteiger charge is 2.14. The van der Waals surface area contributed by atoms with Crippen molar-refractivity contribution in [2.24, 2.45) is 0 Å². The maximum absolute atomic E-state index is 12.4. The van der Waals surface area contributed by atoms with Crippen molar-refractivity contribution in [2.75, 3.05) is 5.32 Å². The number of aromatic nitrogens is 1. The first-order valence-electron chi connectivity index (χ1n) is 7.03. The van der Waals surface area contributed by atoms with Crippen molar-refractivity contribution in [2.45, 2.75) is 19.8 Å². The molecule has 3 aromatic rings. The number of nitrogens with one attached hydrogen (secondary N) is 1. The smallest absolute Gasteiger partial charge is 0.275 e. The van der Waals surface area contributed by atoms with Crippen LogP contribution in [0.5, 0.6) is 0 Å². The van der Waals surface area contributed by atoms with Crippen LogP contribution in [0, 0.1) is 0 Å². The molecule has 1 amide bonds. The second-order valence-corrected chi connectivity index (χ2v) is 6.88. The lowest BCUT2D eigenvalue weighted by atomic mass is 10.0. The molecular weight excluding hydrogens is 312 g/mol. The van der Waals surface area contributed by atoms with Crippen molar-refractivity contribution >= 4 is 34.3 Å². The molecule has 0 aliphatic rings. The van der Waals surface area contributed by atoms with Crippen molar-refractivity contribution in [1.29, 1.82) is 0 Å². The van der Waals surface area contributed by atoms with Gasteiger partial charge in [0.15, 0.2) is 0 Å². The first kappa shape index (κ1) is 14.9. The van der Waals surface area contributed by atoms with E-state index in [1.54, 1.807) is 16.7 Å². The van der Waals surface area contributed by atoms with E-state index in [-0.39, 0.29) is 5.91 Å². The van der Waals surface area contributed by atoms with Crippen molar-refractivity contribution in [3.05, 3.63) is 57.7 Å². The maximum atomic E-state index is 12.4. The molecule has 0 aliphatic carbocycles. The SMILES string of the molecule is CC(C)c1ccccc1NC(=O)c1csc(-c2ccsc2)n1. The summed E-state index contributed by atoms with van der Waals surface area (Å²) in [6.07, 6.45) is 0. The number of nitrogens with zero attached hydrogens (tertiary/aromatic N) is 1. The third kappa shape index (κ3) is 3.10. The number of carbonyl (C=O) groups excluding carboxylic acids is 1. The number of para-hydroxylation sites is 1. The Bertz CT molecular complexity index is 776. The molecule has 5 heteroatoms. The van der Waals surface area contributed by atoms with Gasteiger partial charge in [0.1, 0.15) is 10.7 Å². The topological polar surface area (TPSA) is 42.0 Å². The first-order valence-corrected chi connectivity index (χ1v) is 8.86. The van der Waals surface area contributed by atoms with Crippen molar-refractivity contribution < 1.29 is 4.79 Å². The van der Waals surface area contributed by atoms with Gasteiger partial charge in [0, 0.05) is 22.0 Å². The number of thiazole rings is 1. The molecule has 2 heterocycles. The Balaban J connectivity index is 1.81. The summed E-state index contributed by atoms with van der Waals surface area (Å²) in [4.78, 5) is 16.8. The molecule has 2 aromatic heterocycles. The van der Waals surface area contributed by atoms with E-state index in [0.29, 0.717) is 11.6 Å². The molecule has 0 spiro atoms. The van der Waals surface area contributed by atoms with E-state index in [0.717, 1.165) is 21.8 Å². The number of thiophene rings is 1. The Morgan fingerprint density at radius 2 is 2.00 bits per heavy atom. The monoisotopic (exact) mass is 328 g/mol. The highest BCUT2D eigenvalue weighted by atomic mass is 32.1. The number of carbonyl (C=O) groups is 1. The third-order valence-electron chi connectivity index (χ3n) is 3.34. The van der Waals surface area contributed by atoms with Gasteiger partial charge in [-0.15, -0.1) is 11.3 Å². The van der Waals surface area contributed by atoms with Gasteiger partial charge in [0.25, 0.3) is 5.91 Å². The van der Waals surface area contributed by atoms with Gasteiger partial charge < -0.3 is 5.32 Å². The fourth-order valence-electron chi connectivity index (χ4n) is 2.20. The fraction of sp³-hybridized carbons (Fsp3) is 0.176. The Hall–Kier alpha value is -1.98. The molecule has 3 rings (SSSR count). The van der Waals surface area contributed by atoms with Crippen LogP contribution in [0.4, 0.5) is 5.69 Å². The Morgan fingerprint density at radius 3 is 2.73 bits per heavy atom. The van der Waals surface area contributed by atoms with Gasteiger partial charge in [-0.1, -0.05) is 32.0 Å². The summed E-state index contributed by atoms with van der Waals surface area (Å²) in [5, 5.41) is 9.70. The van der Waals surface area contributed by atoms with Crippen LogP contribution in [0.1, 0.15) is 35.8 Å². The second-order valence-electron chi connectivity index (χ2n) is 5.25. The number of rotatable bonds is 4. The predicted molar refractivity (Wildman–Crippen MR) is 93.9 cm³/mol. The quantitative estimate of drug-likeness (QED) is 0.711. The number of anilines is 1. The average Bonchev–Trinajstić information content (AvgIpc) is 3.18. The molecule has 0 unspecified atom stereocenters. The van der Waals surface area contributed by atoms with Crippen LogP contribution in [0.3, 0.4) is 0 Å². The summed E-state index contributed by atoms with van der Waals surface area (Å²) < 4.78 is 0. The van der Waals surface area contributed by atoms with E-state index in [4.69, 9.17) is 0 Å². The molecule has 0 saturated heterocycles. The van der Waals surface area contributed by atoms with Gasteiger partial charge in [-0.25, -0.2) is 4.98 Å². The molecule has 22 heavy (non-hydrogen) atoms. The molecule has 0 fully saturated rings. The van der Waals surface area contributed by atoms with E-state index in [9.17, 15) is 4.79 Å². The summed E-state index contributed by atoms with van der Waals surface area (Å²) in [6.45, 7) is 4.23. The van der Waals surface area contributed by atoms with Crippen LogP contribution in [-0.2, 0) is 0 Å².